The number of hydrogen-bond donors (Lipinski definition) is 4. The Labute approximate surface area is 114 Å². The van der Waals surface area contributed by atoms with Crippen molar-refractivity contribution in [1.82, 2.24) is 15.5 Å². The summed E-state index contributed by atoms with van der Waals surface area (Å²) < 4.78 is 0. The van der Waals surface area contributed by atoms with E-state index in [1.54, 1.807) is 4.90 Å². The number of carbonyl (C=O) groups excluding carboxylic acids is 2. The van der Waals surface area contributed by atoms with Crippen LogP contribution in [-0.4, -0.2) is 64.7 Å². The van der Waals surface area contributed by atoms with Crippen molar-refractivity contribution in [2.45, 2.75) is 25.3 Å². The summed E-state index contributed by atoms with van der Waals surface area (Å²) in [4.78, 5) is 45.8. The number of likely N-dealkylation sites (tertiary alicyclic amines) is 1. The van der Waals surface area contributed by atoms with E-state index in [1.807, 2.05) is 5.32 Å². The average molecular weight is 287 g/mol. The molecule has 1 atom stereocenters. The third-order valence-electron chi connectivity index (χ3n) is 2.84. The molecule has 0 aromatic carbocycles. The van der Waals surface area contributed by atoms with Gasteiger partial charge in [0, 0.05) is 13.1 Å². The highest BCUT2D eigenvalue weighted by molar-refractivity contribution is 5.88. The van der Waals surface area contributed by atoms with Crippen molar-refractivity contribution in [3.63, 3.8) is 0 Å². The lowest BCUT2D eigenvalue weighted by atomic mass is 10.2. The van der Waals surface area contributed by atoms with Crippen LogP contribution in [0.5, 0.6) is 0 Å². The SMILES string of the molecule is O=C(O)C[C@H](NC(=O)NCC(=O)N1CCCC1)C(=O)O. The molecule has 1 rings (SSSR count). The van der Waals surface area contributed by atoms with Crippen molar-refractivity contribution in [2.24, 2.45) is 0 Å². The zero-order chi connectivity index (χ0) is 15.1. The second-order valence-corrected chi connectivity index (χ2v) is 4.40. The first-order chi connectivity index (χ1) is 9.40. The fourth-order valence-corrected chi connectivity index (χ4v) is 1.82. The molecule has 1 aliphatic heterocycles. The molecule has 20 heavy (non-hydrogen) atoms. The van der Waals surface area contributed by atoms with Gasteiger partial charge in [0.05, 0.1) is 13.0 Å². The predicted molar refractivity (Wildman–Crippen MR) is 66.0 cm³/mol. The number of carboxylic acids is 2. The highest BCUT2D eigenvalue weighted by Gasteiger charge is 2.24. The summed E-state index contributed by atoms with van der Waals surface area (Å²) in [6.07, 6.45) is 1.12. The summed E-state index contributed by atoms with van der Waals surface area (Å²) in [7, 11) is 0. The molecule has 0 aromatic heterocycles. The number of urea groups is 1. The second kappa shape index (κ2) is 7.31. The maximum atomic E-state index is 11.6. The molecule has 1 fully saturated rings. The van der Waals surface area contributed by atoms with Crippen LogP contribution >= 0.6 is 0 Å². The zero-order valence-corrected chi connectivity index (χ0v) is 10.8. The zero-order valence-electron chi connectivity index (χ0n) is 10.8. The number of nitrogens with zero attached hydrogens (tertiary/aromatic N) is 1. The minimum Gasteiger partial charge on any atom is -0.481 e. The maximum absolute atomic E-state index is 11.6. The fourth-order valence-electron chi connectivity index (χ4n) is 1.82. The lowest BCUT2D eigenvalue weighted by Gasteiger charge is -2.17. The molecule has 9 heteroatoms. The first kappa shape index (κ1) is 15.7. The van der Waals surface area contributed by atoms with E-state index in [-0.39, 0.29) is 12.5 Å². The van der Waals surface area contributed by atoms with Crippen molar-refractivity contribution in [1.29, 1.82) is 0 Å². The molecule has 0 unspecified atom stereocenters. The van der Waals surface area contributed by atoms with Gasteiger partial charge in [-0.2, -0.15) is 0 Å². The Morgan fingerprint density at radius 1 is 1.10 bits per heavy atom. The highest BCUT2D eigenvalue weighted by atomic mass is 16.4. The molecule has 0 aliphatic carbocycles. The normalized spacial score (nSPS) is 15.5. The van der Waals surface area contributed by atoms with Gasteiger partial charge in [-0.25, -0.2) is 9.59 Å². The monoisotopic (exact) mass is 287 g/mol. The van der Waals surface area contributed by atoms with Crippen LogP contribution in [0, 0.1) is 0 Å². The van der Waals surface area contributed by atoms with Gasteiger partial charge in [0.1, 0.15) is 6.04 Å². The third kappa shape index (κ3) is 5.12. The topological polar surface area (TPSA) is 136 Å². The molecule has 1 saturated heterocycles. The quantitative estimate of drug-likeness (QED) is 0.486. The van der Waals surface area contributed by atoms with Crippen LogP contribution < -0.4 is 10.6 Å². The molecule has 0 bridgehead atoms. The molecule has 0 saturated carbocycles. The Morgan fingerprint density at radius 2 is 1.70 bits per heavy atom. The molecule has 9 nitrogen and oxygen atoms in total. The van der Waals surface area contributed by atoms with Crippen molar-refractivity contribution < 1.29 is 29.4 Å². The Kier molecular flexibility index (Phi) is 5.75. The van der Waals surface area contributed by atoms with Gasteiger partial charge in [-0.05, 0) is 12.8 Å². The molecule has 1 aliphatic rings. The van der Waals surface area contributed by atoms with Crippen LogP contribution in [0.4, 0.5) is 4.79 Å². The molecular formula is C11H17N3O6. The third-order valence-corrected chi connectivity index (χ3v) is 2.84. The highest BCUT2D eigenvalue weighted by Crippen LogP contribution is 2.06. The molecule has 112 valence electrons. The standard InChI is InChI=1S/C11H17N3O6/c15-8(14-3-1-2-4-14)6-12-11(20)13-7(10(18)19)5-9(16)17/h7H,1-6H2,(H,16,17)(H,18,19)(H2,12,13,20)/t7-/m0/s1. The van der Waals surface area contributed by atoms with E-state index in [2.05, 4.69) is 5.32 Å². The largest absolute Gasteiger partial charge is 0.481 e. The molecule has 0 aromatic rings. The predicted octanol–water partition coefficient (Wildman–Crippen LogP) is -1.16. The average Bonchev–Trinajstić information content (AvgIpc) is 2.88. The molecular weight excluding hydrogens is 270 g/mol. The first-order valence-electron chi connectivity index (χ1n) is 6.17. The van der Waals surface area contributed by atoms with Gasteiger partial charge in [-0.15, -0.1) is 0 Å². The summed E-state index contributed by atoms with van der Waals surface area (Å²) in [5.41, 5.74) is 0. The lowest BCUT2D eigenvalue weighted by molar-refractivity contribution is -0.145. The van der Waals surface area contributed by atoms with E-state index in [0.717, 1.165) is 12.8 Å². The number of carbonyl (C=O) groups is 4. The number of rotatable bonds is 6. The van der Waals surface area contributed by atoms with Crippen molar-refractivity contribution in [2.75, 3.05) is 19.6 Å². The van der Waals surface area contributed by atoms with Gasteiger partial charge in [-0.3, -0.25) is 9.59 Å². The molecule has 0 spiro atoms. The summed E-state index contributed by atoms with van der Waals surface area (Å²) in [5, 5.41) is 21.5. The van der Waals surface area contributed by atoms with E-state index >= 15 is 0 Å². The van der Waals surface area contributed by atoms with Crippen molar-refractivity contribution in [3.05, 3.63) is 0 Å². The first-order valence-corrected chi connectivity index (χ1v) is 6.17. The summed E-state index contributed by atoms with van der Waals surface area (Å²) in [6.45, 7) is 1.06. The van der Waals surface area contributed by atoms with Crippen LogP contribution in [0.25, 0.3) is 0 Å². The Bertz CT molecular complexity index is 405. The summed E-state index contributed by atoms with van der Waals surface area (Å²) >= 11 is 0. The minimum absolute atomic E-state index is 0.245. The number of nitrogens with one attached hydrogen (secondary N) is 2. The summed E-state index contributed by atoms with van der Waals surface area (Å²) in [5.74, 6) is -3.04. The van der Waals surface area contributed by atoms with E-state index < -0.39 is 30.4 Å². The number of aliphatic carboxylic acids is 2. The molecule has 1 heterocycles. The Morgan fingerprint density at radius 3 is 2.20 bits per heavy atom. The van der Waals surface area contributed by atoms with E-state index in [0.29, 0.717) is 13.1 Å². The fraction of sp³-hybridized carbons (Fsp3) is 0.636. The molecule has 0 radical (unpaired) electrons. The van der Waals surface area contributed by atoms with Gasteiger partial charge < -0.3 is 25.7 Å². The molecule has 4 N–H and O–H groups in total. The van der Waals surface area contributed by atoms with Crippen molar-refractivity contribution >= 4 is 23.9 Å². The Balaban J connectivity index is 2.35. The van der Waals surface area contributed by atoms with Gasteiger partial charge in [0.25, 0.3) is 0 Å². The number of amides is 3. The van der Waals surface area contributed by atoms with Crippen LogP contribution in [0.2, 0.25) is 0 Å². The minimum atomic E-state index is -1.53. The van der Waals surface area contributed by atoms with E-state index in [9.17, 15) is 19.2 Å². The maximum Gasteiger partial charge on any atom is 0.326 e. The van der Waals surface area contributed by atoms with Crippen LogP contribution in [0.3, 0.4) is 0 Å². The number of hydrogen-bond acceptors (Lipinski definition) is 4. The van der Waals surface area contributed by atoms with Gasteiger partial charge in [0.2, 0.25) is 5.91 Å². The van der Waals surface area contributed by atoms with E-state index in [4.69, 9.17) is 10.2 Å². The van der Waals surface area contributed by atoms with Crippen LogP contribution in [-0.2, 0) is 14.4 Å². The van der Waals surface area contributed by atoms with E-state index in [1.165, 1.54) is 0 Å². The Hall–Kier alpha value is -2.32. The summed E-state index contributed by atoms with van der Waals surface area (Å²) in [6, 6.07) is -2.42. The molecule has 3 amide bonds. The smallest absolute Gasteiger partial charge is 0.326 e. The van der Waals surface area contributed by atoms with Gasteiger partial charge >= 0.3 is 18.0 Å². The van der Waals surface area contributed by atoms with Crippen LogP contribution in [0.15, 0.2) is 0 Å². The van der Waals surface area contributed by atoms with Gasteiger partial charge in [-0.1, -0.05) is 0 Å². The van der Waals surface area contributed by atoms with Gasteiger partial charge in [0.15, 0.2) is 0 Å². The lowest BCUT2D eigenvalue weighted by Crippen LogP contribution is -2.49. The number of carboxylic acid groups (broad SMARTS) is 2. The second-order valence-electron chi connectivity index (χ2n) is 4.40. The van der Waals surface area contributed by atoms with Crippen molar-refractivity contribution in [3.8, 4) is 0 Å². The van der Waals surface area contributed by atoms with Crippen LogP contribution in [0.1, 0.15) is 19.3 Å².